The second-order valence-corrected chi connectivity index (χ2v) is 5.60. The molecule has 0 spiro atoms. The van der Waals surface area contributed by atoms with Crippen LogP contribution < -0.4 is 5.32 Å². The molecule has 2 aromatic heterocycles. The molecule has 0 atom stereocenters. The van der Waals surface area contributed by atoms with E-state index in [0.717, 1.165) is 11.3 Å². The summed E-state index contributed by atoms with van der Waals surface area (Å²) in [5, 5.41) is 4.81. The van der Waals surface area contributed by atoms with Crippen molar-refractivity contribution in [1.82, 2.24) is 14.9 Å². The molecule has 0 unspecified atom stereocenters. The van der Waals surface area contributed by atoms with Gasteiger partial charge in [0.05, 0.1) is 5.69 Å². The first kappa shape index (κ1) is 16.1. The Hall–Kier alpha value is -2.28. The number of aromatic nitrogens is 2. The highest BCUT2D eigenvalue weighted by Crippen LogP contribution is 2.14. The Morgan fingerprint density at radius 3 is 2.64 bits per heavy atom. The quantitative estimate of drug-likeness (QED) is 0.854. The van der Waals surface area contributed by atoms with Gasteiger partial charge in [0.25, 0.3) is 0 Å². The third kappa shape index (κ3) is 4.36. The Balaban J connectivity index is 1.91. The molecule has 0 aliphatic rings. The summed E-state index contributed by atoms with van der Waals surface area (Å²) in [7, 11) is 0. The summed E-state index contributed by atoms with van der Waals surface area (Å²) in [5.74, 6) is -1.18. The number of anilines is 1. The van der Waals surface area contributed by atoms with E-state index in [1.807, 2.05) is 31.4 Å². The number of aryl methyl sites for hydroxylation is 1. The van der Waals surface area contributed by atoms with Crippen molar-refractivity contribution < 1.29 is 9.59 Å². The van der Waals surface area contributed by atoms with Crippen molar-refractivity contribution in [2.24, 2.45) is 0 Å². The molecule has 0 saturated heterocycles. The third-order valence-corrected chi connectivity index (χ3v) is 4.00. The van der Waals surface area contributed by atoms with E-state index in [2.05, 4.69) is 15.3 Å². The summed E-state index contributed by atoms with van der Waals surface area (Å²) >= 11 is 1.30. The summed E-state index contributed by atoms with van der Waals surface area (Å²) in [5.41, 5.74) is 1.90. The highest BCUT2D eigenvalue weighted by Gasteiger charge is 2.21. The maximum Gasteiger partial charge on any atom is 0.315 e. The summed E-state index contributed by atoms with van der Waals surface area (Å²) < 4.78 is 0. The average Bonchev–Trinajstić information content (AvgIpc) is 2.93. The predicted octanol–water partition coefficient (Wildman–Crippen LogP) is 1.88. The van der Waals surface area contributed by atoms with Crippen LogP contribution >= 0.6 is 11.3 Å². The van der Waals surface area contributed by atoms with Gasteiger partial charge in [-0.15, -0.1) is 11.3 Å². The van der Waals surface area contributed by atoms with Gasteiger partial charge in [-0.3, -0.25) is 19.9 Å². The zero-order valence-electron chi connectivity index (χ0n) is 12.6. The highest BCUT2D eigenvalue weighted by molar-refractivity contribution is 7.14. The van der Waals surface area contributed by atoms with Crippen molar-refractivity contribution in [2.75, 3.05) is 18.4 Å². The van der Waals surface area contributed by atoms with Crippen LogP contribution in [0.4, 0.5) is 5.13 Å². The van der Waals surface area contributed by atoms with Crippen LogP contribution in [0, 0.1) is 6.92 Å². The monoisotopic (exact) mass is 318 g/mol. The Bertz CT molecular complexity index is 642. The number of carbonyl (C=O) groups is 2. The number of thiazole rings is 1. The largest absolute Gasteiger partial charge is 0.334 e. The first-order chi connectivity index (χ1) is 10.6. The van der Waals surface area contributed by atoms with Gasteiger partial charge in [0.1, 0.15) is 0 Å². The molecule has 0 saturated carbocycles. The van der Waals surface area contributed by atoms with E-state index in [1.165, 1.54) is 16.2 Å². The maximum atomic E-state index is 12.2. The van der Waals surface area contributed by atoms with Gasteiger partial charge < -0.3 is 4.90 Å². The number of hydrogen-bond donors (Lipinski definition) is 1. The fourth-order valence-electron chi connectivity index (χ4n) is 1.92. The zero-order chi connectivity index (χ0) is 15.9. The molecule has 1 N–H and O–H groups in total. The lowest BCUT2D eigenvalue weighted by Crippen LogP contribution is -2.40. The Morgan fingerprint density at radius 1 is 1.32 bits per heavy atom. The minimum absolute atomic E-state index is 0.445. The van der Waals surface area contributed by atoms with Crippen molar-refractivity contribution in [1.29, 1.82) is 0 Å². The molecule has 0 aliphatic carbocycles. The van der Waals surface area contributed by atoms with Crippen molar-refractivity contribution in [2.45, 2.75) is 20.3 Å². The van der Waals surface area contributed by atoms with Gasteiger partial charge >= 0.3 is 11.8 Å². The summed E-state index contributed by atoms with van der Waals surface area (Å²) in [4.78, 5) is 33.8. The standard InChI is InChI=1S/C15H18N4O2S/c1-3-19(9-6-12-4-7-16-8-5-12)14(21)13(20)18-15-17-11(2)10-22-15/h4-5,7-8,10H,3,6,9H2,1-2H3,(H,17,18,20). The Morgan fingerprint density at radius 2 is 2.05 bits per heavy atom. The van der Waals surface area contributed by atoms with E-state index in [9.17, 15) is 9.59 Å². The number of nitrogens with zero attached hydrogens (tertiary/aromatic N) is 3. The third-order valence-electron chi connectivity index (χ3n) is 3.12. The van der Waals surface area contributed by atoms with Gasteiger partial charge in [0, 0.05) is 30.9 Å². The van der Waals surface area contributed by atoms with Crippen LogP contribution in [0.3, 0.4) is 0 Å². The number of carbonyl (C=O) groups excluding carboxylic acids is 2. The lowest BCUT2D eigenvalue weighted by Gasteiger charge is -2.19. The molecular weight excluding hydrogens is 300 g/mol. The first-order valence-electron chi connectivity index (χ1n) is 7.01. The van der Waals surface area contributed by atoms with Crippen molar-refractivity contribution >= 4 is 28.3 Å². The molecule has 0 bridgehead atoms. The second kappa shape index (κ2) is 7.65. The number of pyridine rings is 1. The van der Waals surface area contributed by atoms with Crippen LogP contribution in [-0.4, -0.2) is 39.8 Å². The zero-order valence-corrected chi connectivity index (χ0v) is 13.4. The molecule has 2 heterocycles. The normalized spacial score (nSPS) is 10.3. The number of amides is 2. The molecule has 7 heteroatoms. The molecular formula is C15H18N4O2S. The van der Waals surface area contributed by atoms with Crippen LogP contribution in [0.2, 0.25) is 0 Å². The topological polar surface area (TPSA) is 75.2 Å². The number of likely N-dealkylation sites (N-methyl/N-ethyl adjacent to an activating group) is 1. The lowest BCUT2D eigenvalue weighted by atomic mass is 10.2. The SMILES string of the molecule is CCN(CCc1ccncc1)C(=O)C(=O)Nc1nc(C)cs1. The van der Waals surface area contributed by atoms with E-state index in [4.69, 9.17) is 0 Å². The van der Waals surface area contributed by atoms with E-state index in [-0.39, 0.29) is 0 Å². The predicted molar refractivity (Wildman–Crippen MR) is 85.7 cm³/mol. The first-order valence-corrected chi connectivity index (χ1v) is 7.89. The minimum atomic E-state index is -0.647. The molecule has 22 heavy (non-hydrogen) atoms. The molecule has 0 aliphatic heterocycles. The van der Waals surface area contributed by atoms with E-state index < -0.39 is 11.8 Å². The molecule has 2 rings (SSSR count). The molecule has 6 nitrogen and oxygen atoms in total. The van der Waals surface area contributed by atoms with Gasteiger partial charge in [-0.25, -0.2) is 4.98 Å². The molecule has 0 radical (unpaired) electrons. The van der Waals surface area contributed by atoms with Crippen molar-refractivity contribution in [3.05, 3.63) is 41.2 Å². The van der Waals surface area contributed by atoms with Crippen LogP contribution in [0.15, 0.2) is 29.9 Å². The molecule has 2 aromatic rings. The van der Waals surface area contributed by atoms with Crippen molar-refractivity contribution in [3.8, 4) is 0 Å². The van der Waals surface area contributed by atoms with Crippen LogP contribution in [0.25, 0.3) is 0 Å². The van der Waals surface area contributed by atoms with Gasteiger partial charge in [0.2, 0.25) is 0 Å². The number of rotatable bonds is 5. The Labute approximate surface area is 133 Å². The van der Waals surface area contributed by atoms with Crippen molar-refractivity contribution in [3.63, 3.8) is 0 Å². The summed E-state index contributed by atoms with van der Waals surface area (Å²) in [6.45, 7) is 4.66. The molecule has 2 amide bonds. The minimum Gasteiger partial charge on any atom is -0.334 e. The summed E-state index contributed by atoms with van der Waals surface area (Å²) in [6.07, 6.45) is 4.11. The number of hydrogen-bond acceptors (Lipinski definition) is 5. The smallest absolute Gasteiger partial charge is 0.315 e. The summed E-state index contributed by atoms with van der Waals surface area (Å²) in [6, 6.07) is 3.80. The number of nitrogens with one attached hydrogen (secondary N) is 1. The molecule has 116 valence electrons. The van der Waals surface area contributed by atoms with Gasteiger partial charge in [0.15, 0.2) is 5.13 Å². The molecule has 0 aromatic carbocycles. The second-order valence-electron chi connectivity index (χ2n) is 4.74. The average molecular weight is 318 g/mol. The lowest BCUT2D eigenvalue weighted by molar-refractivity contribution is -0.143. The van der Waals surface area contributed by atoms with Gasteiger partial charge in [-0.1, -0.05) is 0 Å². The van der Waals surface area contributed by atoms with Crippen LogP contribution in [0.1, 0.15) is 18.2 Å². The van der Waals surface area contributed by atoms with Gasteiger partial charge in [-0.05, 0) is 38.0 Å². The fraction of sp³-hybridized carbons (Fsp3) is 0.333. The Kier molecular flexibility index (Phi) is 5.60. The fourth-order valence-corrected chi connectivity index (χ4v) is 2.61. The van der Waals surface area contributed by atoms with E-state index in [1.54, 1.807) is 12.4 Å². The maximum absolute atomic E-state index is 12.2. The highest BCUT2D eigenvalue weighted by atomic mass is 32.1. The van der Waals surface area contributed by atoms with E-state index in [0.29, 0.717) is 24.6 Å². The van der Waals surface area contributed by atoms with Crippen LogP contribution in [0.5, 0.6) is 0 Å². The van der Waals surface area contributed by atoms with E-state index >= 15 is 0 Å². The molecule has 0 fully saturated rings. The van der Waals surface area contributed by atoms with Gasteiger partial charge in [-0.2, -0.15) is 0 Å². The van der Waals surface area contributed by atoms with Crippen LogP contribution in [-0.2, 0) is 16.0 Å².